The fourth-order valence-corrected chi connectivity index (χ4v) is 4.43. The van der Waals surface area contributed by atoms with Gasteiger partial charge >= 0.3 is 0 Å². The Kier molecular flexibility index (Phi) is 10.9. The van der Waals surface area contributed by atoms with E-state index in [2.05, 4.69) is 27.8 Å². The molecular weight excluding hydrogens is 483 g/mol. The fraction of sp³-hybridized carbons (Fsp3) is 0.588. The summed E-state index contributed by atoms with van der Waals surface area (Å²) in [5.74, 6) is 2.26. The molecule has 1 heterocycles. The van der Waals surface area contributed by atoms with Gasteiger partial charge in [0, 0.05) is 43.9 Å². The van der Waals surface area contributed by atoms with Crippen molar-refractivity contribution >= 4 is 51.7 Å². The maximum Gasteiger partial charge on any atom is 0.211 e. The van der Waals surface area contributed by atoms with E-state index in [-0.39, 0.29) is 24.0 Å². The third-order valence-corrected chi connectivity index (χ3v) is 6.55. The molecule has 1 aromatic carbocycles. The van der Waals surface area contributed by atoms with Crippen LogP contribution >= 0.6 is 35.7 Å². The van der Waals surface area contributed by atoms with E-state index in [4.69, 9.17) is 0 Å². The van der Waals surface area contributed by atoms with Crippen molar-refractivity contribution in [3.05, 3.63) is 30.3 Å². The van der Waals surface area contributed by atoms with E-state index >= 15 is 0 Å². The molecule has 1 saturated heterocycles. The van der Waals surface area contributed by atoms with Crippen molar-refractivity contribution < 1.29 is 8.42 Å². The number of benzene rings is 1. The Balaban J connectivity index is 0.00000338. The lowest BCUT2D eigenvalue weighted by Gasteiger charge is -2.30. The highest BCUT2D eigenvalue weighted by atomic mass is 127. The predicted octanol–water partition coefficient (Wildman–Crippen LogP) is 2.23. The third kappa shape index (κ3) is 8.45. The van der Waals surface area contributed by atoms with E-state index in [1.165, 1.54) is 11.2 Å². The Morgan fingerprint density at radius 3 is 2.46 bits per heavy atom. The molecule has 0 aromatic heterocycles. The molecule has 0 aliphatic carbocycles. The zero-order valence-corrected chi connectivity index (χ0v) is 19.3. The molecule has 0 atom stereocenters. The van der Waals surface area contributed by atoms with Crippen LogP contribution in [0.1, 0.15) is 12.8 Å². The number of thioether (sulfide) groups is 1. The minimum atomic E-state index is -3.05. The van der Waals surface area contributed by atoms with Crippen molar-refractivity contribution in [1.82, 2.24) is 14.9 Å². The molecule has 1 aliphatic rings. The summed E-state index contributed by atoms with van der Waals surface area (Å²) in [6.07, 6.45) is 3.06. The van der Waals surface area contributed by atoms with Gasteiger partial charge in [0.15, 0.2) is 5.96 Å². The van der Waals surface area contributed by atoms with Crippen molar-refractivity contribution in [3.63, 3.8) is 0 Å². The molecule has 148 valence electrons. The first-order chi connectivity index (χ1) is 12.0. The quantitative estimate of drug-likeness (QED) is 0.193. The number of nitrogens with one attached hydrogen (secondary N) is 2. The highest BCUT2D eigenvalue weighted by molar-refractivity contribution is 14.0. The van der Waals surface area contributed by atoms with Crippen LogP contribution in [0.15, 0.2) is 40.2 Å². The summed E-state index contributed by atoms with van der Waals surface area (Å²) in [7, 11) is -1.28. The molecule has 2 rings (SSSR count). The second kappa shape index (κ2) is 12.0. The minimum Gasteiger partial charge on any atom is -0.356 e. The van der Waals surface area contributed by atoms with Crippen LogP contribution < -0.4 is 10.6 Å². The van der Waals surface area contributed by atoms with Crippen LogP contribution in [0, 0.1) is 5.92 Å². The smallest absolute Gasteiger partial charge is 0.211 e. The van der Waals surface area contributed by atoms with Crippen LogP contribution in [0.2, 0.25) is 0 Å². The van der Waals surface area contributed by atoms with Crippen molar-refractivity contribution in [1.29, 1.82) is 0 Å². The second-order valence-corrected chi connectivity index (χ2v) is 9.30. The van der Waals surface area contributed by atoms with Crippen LogP contribution in [0.3, 0.4) is 0 Å². The van der Waals surface area contributed by atoms with Crippen LogP contribution in [-0.2, 0) is 10.0 Å². The standard InChI is InChI=1S/C17H28N4O2S2.HI/c1-18-17(19-10-13-24-16-6-4-3-5-7-16)20-14-15-8-11-21(12-9-15)25(2,22)23;/h3-7,15H,8-14H2,1-2H3,(H2,18,19,20);1H. The van der Waals surface area contributed by atoms with Gasteiger partial charge in [-0.25, -0.2) is 12.7 Å². The van der Waals surface area contributed by atoms with E-state index in [1.54, 1.807) is 11.4 Å². The molecule has 9 heteroatoms. The van der Waals surface area contributed by atoms with Gasteiger partial charge in [-0.15, -0.1) is 35.7 Å². The first-order valence-corrected chi connectivity index (χ1v) is 11.4. The summed E-state index contributed by atoms with van der Waals surface area (Å²) < 4.78 is 24.6. The Hall–Kier alpha value is -0.520. The fourth-order valence-electron chi connectivity index (χ4n) is 2.76. The molecule has 0 saturated carbocycles. The molecule has 1 aromatic rings. The van der Waals surface area contributed by atoms with E-state index in [0.717, 1.165) is 37.6 Å². The number of piperidine rings is 1. The van der Waals surface area contributed by atoms with Crippen molar-refractivity contribution in [2.24, 2.45) is 10.9 Å². The van der Waals surface area contributed by atoms with Gasteiger partial charge < -0.3 is 10.6 Å². The van der Waals surface area contributed by atoms with Gasteiger partial charge in [0.25, 0.3) is 0 Å². The minimum absolute atomic E-state index is 0. The third-order valence-electron chi connectivity index (χ3n) is 4.23. The molecule has 0 radical (unpaired) electrons. The van der Waals surface area contributed by atoms with Gasteiger partial charge in [0.1, 0.15) is 0 Å². The van der Waals surface area contributed by atoms with E-state index in [1.807, 2.05) is 30.0 Å². The Bertz CT molecular complexity index is 648. The lowest BCUT2D eigenvalue weighted by Crippen LogP contribution is -2.44. The van der Waals surface area contributed by atoms with Crippen LogP contribution in [-0.4, -0.2) is 63.9 Å². The molecule has 0 spiro atoms. The average molecular weight is 512 g/mol. The van der Waals surface area contributed by atoms with Gasteiger partial charge in [-0.1, -0.05) is 18.2 Å². The number of guanidine groups is 1. The van der Waals surface area contributed by atoms with Gasteiger partial charge in [0.2, 0.25) is 10.0 Å². The molecule has 1 aliphatic heterocycles. The van der Waals surface area contributed by atoms with Gasteiger partial charge in [-0.2, -0.15) is 0 Å². The lowest BCUT2D eigenvalue weighted by molar-refractivity contribution is 0.275. The summed E-state index contributed by atoms with van der Waals surface area (Å²) in [6, 6.07) is 10.3. The molecule has 1 fully saturated rings. The molecule has 0 unspecified atom stereocenters. The number of sulfonamides is 1. The summed E-state index contributed by atoms with van der Waals surface area (Å²) in [4.78, 5) is 5.52. The van der Waals surface area contributed by atoms with Crippen molar-refractivity contribution in [2.75, 3.05) is 45.2 Å². The summed E-state index contributed by atoms with van der Waals surface area (Å²) in [6.45, 7) is 2.89. The zero-order valence-electron chi connectivity index (χ0n) is 15.3. The zero-order chi connectivity index (χ0) is 18.1. The van der Waals surface area contributed by atoms with E-state index in [0.29, 0.717) is 19.0 Å². The SMILES string of the molecule is CN=C(NCCSc1ccccc1)NCC1CCN(S(C)(=O)=O)CC1.I. The van der Waals surface area contributed by atoms with Crippen LogP contribution in [0.5, 0.6) is 0 Å². The maximum atomic E-state index is 11.5. The average Bonchev–Trinajstić information content (AvgIpc) is 2.61. The van der Waals surface area contributed by atoms with E-state index in [9.17, 15) is 8.42 Å². The molecule has 0 bridgehead atoms. The van der Waals surface area contributed by atoms with E-state index < -0.39 is 10.0 Å². The highest BCUT2D eigenvalue weighted by Gasteiger charge is 2.24. The Morgan fingerprint density at radius 2 is 1.88 bits per heavy atom. The summed E-state index contributed by atoms with van der Waals surface area (Å²) in [5.41, 5.74) is 0. The number of aliphatic imine (C=N–C) groups is 1. The Labute approximate surface area is 178 Å². The predicted molar refractivity (Wildman–Crippen MR) is 121 cm³/mol. The number of halogens is 1. The first-order valence-electron chi connectivity index (χ1n) is 8.56. The van der Waals surface area contributed by atoms with Crippen molar-refractivity contribution in [2.45, 2.75) is 17.7 Å². The molecule has 0 amide bonds. The monoisotopic (exact) mass is 512 g/mol. The molecular formula is C17H29IN4O2S2. The summed E-state index contributed by atoms with van der Waals surface area (Å²) in [5, 5.41) is 6.68. The number of hydrogen-bond donors (Lipinski definition) is 2. The number of nitrogens with zero attached hydrogens (tertiary/aromatic N) is 2. The largest absolute Gasteiger partial charge is 0.356 e. The van der Waals surface area contributed by atoms with Gasteiger partial charge in [-0.3, -0.25) is 4.99 Å². The van der Waals surface area contributed by atoms with Gasteiger partial charge in [0.05, 0.1) is 6.26 Å². The summed E-state index contributed by atoms with van der Waals surface area (Å²) >= 11 is 1.81. The lowest BCUT2D eigenvalue weighted by atomic mass is 9.98. The Morgan fingerprint density at radius 1 is 1.23 bits per heavy atom. The topological polar surface area (TPSA) is 73.8 Å². The first kappa shape index (κ1) is 23.5. The molecule has 2 N–H and O–H groups in total. The molecule has 26 heavy (non-hydrogen) atoms. The normalized spacial score (nSPS) is 16.8. The second-order valence-electron chi connectivity index (χ2n) is 6.15. The molecule has 6 nitrogen and oxygen atoms in total. The maximum absolute atomic E-state index is 11.5. The number of hydrogen-bond acceptors (Lipinski definition) is 4. The van der Waals surface area contributed by atoms with Crippen LogP contribution in [0.25, 0.3) is 0 Å². The number of rotatable bonds is 7. The van der Waals surface area contributed by atoms with Crippen LogP contribution in [0.4, 0.5) is 0 Å². The van der Waals surface area contributed by atoms with Crippen molar-refractivity contribution in [3.8, 4) is 0 Å². The van der Waals surface area contributed by atoms with Gasteiger partial charge in [-0.05, 0) is 30.9 Å². The highest BCUT2D eigenvalue weighted by Crippen LogP contribution is 2.18.